The summed E-state index contributed by atoms with van der Waals surface area (Å²) in [6.45, 7) is 1.59. The maximum atomic E-state index is 12.2. The Balaban J connectivity index is 1.48. The lowest BCUT2D eigenvalue weighted by molar-refractivity contribution is -0.115. The Morgan fingerprint density at radius 2 is 1.79 bits per heavy atom. The number of hydrogen-bond acceptors (Lipinski definition) is 7. The average Bonchev–Trinajstić information content (AvgIpc) is 3.16. The zero-order valence-electron chi connectivity index (χ0n) is 15.9. The normalized spacial score (nSPS) is 11.3. The third kappa shape index (κ3) is 6.16. The van der Waals surface area contributed by atoms with E-state index < -0.39 is 9.84 Å². The van der Waals surface area contributed by atoms with Crippen molar-refractivity contribution in [3.63, 3.8) is 0 Å². The number of aryl methyl sites for hydroxylation is 1. The van der Waals surface area contributed by atoms with E-state index in [1.54, 1.807) is 30.8 Å². The Morgan fingerprint density at radius 3 is 2.48 bits per heavy atom. The zero-order chi connectivity index (χ0) is 20.7. The molecule has 0 aliphatic heterocycles. The van der Waals surface area contributed by atoms with Gasteiger partial charge in [0.25, 0.3) is 0 Å². The second-order valence-corrected chi connectivity index (χ2v) is 9.63. The van der Waals surface area contributed by atoms with E-state index in [2.05, 4.69) is 15.5 Å². The molecule has 1 N–H and O–H groups in total. The molecule has 3 aromatic rings. The zero-order valence-corrected chi connectivity index (χ0v) is 17.5. The number of rotatable bonds is 9. The molecule has 0 aliphatic carbocycles. The minimum absolute atomic E-state index is 0.0379. The van der Waals surface area contributed by atoms with Gasteiger partial charge in [-0.15, -0.1) is 16.9 Å². The molecule has 0 fully saturated rings. The number of aromatic nitrogens is 2. The molecule has 0 unspecified atom stereocenters. The molecule has 1 heterocycles. The Bertz CT molecular complexity index is 1050. The predicted molar refractivity (Wildman–Crippen MR) is 112 cm³/mol. The van der Waals surface area contributed by atoms with Crippen molar-refractivity contribution >= 4 is 33.5 Å². The number of anilines is 1. The van der Waals surface area contributed by atoms with Gasteiger partial charge in [-0.25, -0.2) is 8.42 Å². The molecule has 0 bridgehead atoms. The molecule has 1 amide bonds. The van der Waals surface area contributed by atoms with E-state index in [1.165, 1.54) is 17.0 Å². The Morgan fingerprint density at radius 1 is 1.07 bits per heavy atom. The highest BCUT2D eigenvalue weighted by Gasteiger charge is 2.13. The molecular formula is C20H21N3O4S2. The van der Waals surface area contributed by atoms with E-state index in [-0.39, 0.29) is 29.0 Å². The molecule has 9 heteroatoms. The van der Waals surface area contributed by atoms with Crippen molar-refractivity contribution in [1.29, 1.82) is 0 Å². The summed E-state index contributed by atoms with van der Waals surface area (Å²) in [5.41, 5.74) is 0.691. The van der Waals surface area contributed by atoms with Crippen LogP contribution in [0.3, 0.4) is 0 Å². The van der Waals surface area contributed by atoms with Gasteiger partial charge in [-0.3, -0.25) is 10.1 Å². The van der Waals surface area contributed by atoms with Crippen molar-refractivity contribution in [2.45, 2.75) is 29.6 Å². The van der Waals surface area contributed by atoms with Crippen molar-refractivity contribution in [3.05, 3.63) is 66.1 Å². The van der Waals surface area contributed by atoms with E-state index in [1.807, 2.05) is 30.3 Å². The fourth-order valence-electron chi connectivity index (χ4n) is 2.51. The number of nitrogens with one attached hydrogen (secondary N) is 1. The monoisotopic (exact) mass is 431 g/mol. The molecule has 1 aromatic heterocycles. The minimum Gasteiger partial charge on any atom is -0.408 e. The van der Waals surface area contributed by atoms with Gasteiger partial charge in [0.1, 0.15) is 0 Å². The number of amides is 1. The van der Waals surface area contributed by atoms with Gasteiger partial charge in [0.05, 0.1) is 17.1 Å². The van der Waals surface area contributed by atoms with Crippen LogP contribution in [0.5, 0.6) is 0 Å². The van der Waals surface area contributed by atoms with Crippen LogP contribution >= 0.6 is 11.8 Å². The number of carbonyl (C=O) groups excluding carboxylic acids is 1. The summed E-state index contributed by atoms with van der Waals surface area (Å²) >= 11 is 1.69. The second kappa shape index (κ2) is 9.71. The Hall–Kier alpha value is -2.65. The molecule has 152 valence electrons. The summed E-state index contributed by atoms with van der Waals surface area (Å²) < 4.78 is 29.1. The first kappa shape index (κ1) is 21.1. The third-order valence-electron chi connectivity index (χ3n) is 4.07. The molecule has 29 heavy (non-hydrogen) atoms. The first-order chi connectivity index (χ1) is 14.0. The van der Waals surface area contributed by atoms with Crippen molar-refractivity contribution in [1.82, 2.24) is 10.2 Å². The number of hydrogen-bond donors (Lipinski definition) is 1. The minimum atomic E-state index is -3.25. The van der Waals surface area contributed by atoms with Crippen LogP contribution in [0.15, 0.2) is 68.8 Å². The number of sulfone groups is 1. The third-order valence-corrected chi connectivity index (χ3v) is 6.83. The van der Waals surface area contributed by atoms with Crippen LogP contribution in [-0.2, 0) is 27.5 Å². The van der Waals surface area contributed by atoms with Crippen LogP contribution in [0.1, 0.15) is 18.4 Å². The summed E-state index contributed by atoms with van der Waals surface area (Å²) in [6, 6.07) is 16.3. The molecular weight excluding hydrogens is 410 g/mol. The van der Waals surface area contributed by atoms with E-state index in [9.17, 15) is 13.2 Å². The van der Waals surface area contributed by atoms with Crippen LogP contribution in [0.4, 0.5) is 6.01 Å². The fraction of sp³-hybridized carbons (Fsp3) is 0.250. The standard InChI is InChI=1S/C20H21N3O4S2/c1-2-29(25,26)17-10-8-15(9-11-17)14-18(24)21-20-23-22-19(27-20)12-13-28-16-6-4-3-5-7-16/h3-11H,2,12-14H2,1H3,(H,21,23,24). The number of nitrogens with zero attached hydrogens (tertiary/aromatic N) is 2. The summed E-state index contributed by atoms with van der Waals surface area (Å²) in [5.74, 6) is 0.964. The number of thioether (sulfide) groups is 1. The lowest BCUT2D eigenvalue weighted by atomic mass is 10.1. The molecule has 0 atom stereocenters. The van der Waals surface area contributed by atoms with Crippen LogP contribution < -0.4 is 5.32 Å². The van der Waals surface area contributed by atoms with Gasteiger partial charge in [0, 0.05) is 17.1 Å². The summed E-state index contributed by atoms with van der Waals surface area (Å²) in [4.78, 5) is 13.6. The summed E-state index contributed by atoms with van der Waals surface area (Å²) in [7, 11) is -3.25. The molecule has 0 radical (unpaired) electrons. The maximum Gasteiger partial charge on any atom is 0.322 e. The van der Waals surface area contributed by atoms with Crippen LogP contribution in [0.25, 0.3) is 0 Å². The van der Waals surface area contributed by atoms with Gasteiger partial charge in [-0.2, -0.15) is 0 Å². The lowest BCUT2D eigenvalue weighted by Crippen LogP contribution is -2.14. The van der Waals surface area contributed by atoms with Gasteiger partial charge in [0.15, 0.2) is 9.84 Å². The highest BCUT2D eigenvalue weighted by molar-refractivity contribution is 7.99. The first-order valence-electron chi connectivity index (χ1n) is 9.08. The van der Waals surface area contributed by atoms with Gasteiger partial charge >= 0.3 is 6.01 Å². The predicted octanol–water partition coefficient (Wildman–Crippen LogP) is 3.38. The number of benzene rings is 2. The average molecular weight is 432 g/mol. The van der Waals surface area contributed by atoms with Crippen LogP contribution in [0.2, 0.25) is 0 Å². The number of carbonyl (C=O) groups is 1. The maximum absolute atomic E-state index is 12.2. The van der Waals surface area contributed by atoms with E-state index in [0.717, 1.165) is 5.75 Å². The van der Waals surface area contributed by atoms with E-state index in [0.29, 0.717) is 17.9 Å². The Kier molecular flexibility index (Phi) is 7.05. The molecule has 0 saturated heterocycles. The highest BCUT2D eigenvalue weighted by atomic mass is 32.2. The lowest BCUT2D eigenvalue weighted by Gasteiger charge is -2.04. The molecule has 0 saturated carbocycles. The largest absolute Gasteiger partial charge is 0.408 e. The topological polar surface area (TPSA) is 102 Å². The van der Waals surface area contributed by atoms with Crippen molar-refractivity contribution in [2.75, 3.05) is 16.8 Å². The molecule has 2 aromatic carbocycles. The van der Waals surface area contributed by atoms with E-state index >= 15 is 0 Å². The van der Waals surface area contributed by atoms with Crippen molar-refractivity contribution in [2.24, 2.45) is 0 Å². The SMILES string of the molecule is CCS(=O)(=O)c1ccc(CC(=O)Nc2nnc(CCSc3ccccc3)o2)cc1. The smallest absolute Gasteiger partial charge is 0.322 e. The van der Waals surface area contributed by atoms with Crippen molar-refractivity contribution in [3.8, 4) is 0 Å². The van der Waals surface area contributed by atoms with Gasteiger partial charge in [-0.1, -0.05) is 42.4 Å². The molecule has 0 spiro atoms. The highest BCUT2D eigenvalue weighted by Crippen LogP contribution is 2.19. The van der Waals surface area contributed by atoms with Crippen LogP contribution in [-0.4, -0.2) is 36.0 Å². The fourth-order valence-corrected chi connectivity index (χ4v) is 4.25. The molecule has 3 rings (SSSR count). The van der Waals surface area contributed by atoms with Crippen LogP contribution in [0, 0.1) is 0 Å². The second-order valence-electron chi connectivity index (χ2n) is 6.18. The summed E-state index contributed by atoms with van der Waals surface area (Å²) in [6.07, 6.45) is 0.670. The van der Waals surface area contributed by atoms with Crippen molar-refractivity contribution < 1.29 is 17.6 Å². The quantitative estimate of drug-likeness (QED) is 0.518. The van der Waals surface area contributed by atoms with Gasteiger partial charge < -0.3 is 4.42 Å². The molecule has 7 nitrogen and oxygen atoms in total. The van der Waals surface area contributed by atoms with E-state index in [4.69, 9.17) is 4.42 Å². The first-order valence-corrected chi connectivity index (χ1v) is 11.7. The van der Waals surface area contributed by atoms with Gasteiger partial charge in [0.2, 0.25) is 11.8 Å². The van der Waals surface area contributed by atoms with Gasteiger partial charge in [-0.05, 0) is 29.8 Å². The molecule has 0 aliphatic rings. The Labute approximate surface area is 173 Å². The summed E-state index contributed by atoms with van der Waals surface area (Å²) in [5, 5.41) is 10.4.